The first kappa shape index (κ1) is 27.1. The third kappa shape index (κ3) is 6.24. The second-order valence-corrected chi connectivity index (χ2v) is 10.3. The number of anilines is 2. The second-order valence-electron chi connectivity index (χ2n) is 10.3. The Kier molecular flexibility index (Phi) is 8.45. The molecule has 3 heterocycles. The number of nitrogens with one attached hydrogen (secondary N) is 3. The molecule has 4 N–H and O–H groups in total. The molecule has 2 aromatic carbocycles. The van der Waals surface area contributed by atoms with Gasteiger partial charge in [0.25, 0.3) is 0 Å². The van der Waals surface area contributed by atoms with E-state index in [9.17, 15) is 5.11 Å². The molecular formula is C30H35ClN6O2. The molecule has 6 rings (SSSR count). The number of nitrogens with zero attached hydrogens (tertiary/aromatic N) is 3. The van der Waals surface area contributed by atoms with Crippen LogP contribution in [0.4, 0.5) is 11.6 Å². The predicted octanol–water partition coefficient (Wildman–Crippen LogP) is 5.56. The minimum Gasteiger partial charge on any atom is -0.437 e. The molecule has 1 aliphatic carbocycles. The summed E-state index contributed by atoms with van der Waals surface area (Å²) in [5.41, 5.74) is 3.55. The highest BCUT2D eigenvalue weighted by atomic mass is 35.5. The van der Waals surface area contributed by atoms with Crippen molar-refractivity contribution in [2.75, 3.05) is 30.3 Å². The Morgan fingerprint density at radius 3 is 2.74 bits per heavy atom. The summed E-state index contributed by atoms with van der Waals surface area (Å²) < 4.78 is 6.55. The quantitative estimate of drug-likeness (QED) is 0.216. The number of halogens is 1. The van der Waals surface area contributed by atoms with Crippen molar-refractivity contribution >= 4 is 34.8 Å². The van der Waals surface area contributed by atoms with Crippen molar-refractivity contribution in [3.8, 4) is 22.9 Å². The van der Waals surface area contributed by atoms with E-state index in [1.165, 1.54) is 0 Å². The van der Waals surface area contributed by atoms with E-state index >= 15 is 0 Å². The van der Waals surface area contributed by atoms with Gasteiger partial charge in [0.1, 0.15) is 5.75 Å². The summed E-state index contributed by atoms with van der Waals surface area (Å²) in [4.78, 5) is 13.8. The van der Waals surface area contributed by atoms with E-state index < -0.39 is 0 Å². The van der Waals surface area contributed by atoms with Crippen molar-refractivity contribution in [1.82, 2.24) is 20.3 Å². The first-order valence-corrected chi connectivity index (χ1v) is 13.5. The molecule has 2 aromatic heterocycles. The SMILES string of the molecule is Cc1ccc2c(NCC(O)C3CC3)cccc2c1Oc1ncccc1-c1ccnc(N[C@H]2CCCNC2)n1.Cl. The summed E-state index contributed by atoms with van der Waals surface area (Å²) in [5.74, 6) is 2.29. The van der Waals surface area contributed by atoms with Gasteiger partial charge >= 0.3 is 0 Å². The van der Waals surface area contributed by atoms with Gasteiger partial charge < -0.3 is 25.8 Å². The van der Waals surface area contributed by atoms with Gasteiger partial charge in [-0.3, -0.25) is 0 Å². The Morgan fingerprint density at radius 1 is 1.03 bits per heavy atom. The molecule has 0 radical (unpaired) electrons. The van der Waals surface area contributed by atoms with Gasteiger partial charge in [0.15, 0.2) is 0 Å². The fourth-order valence-electron chi connectivity index (χ4n) is 5.09. The number of ether oxygens (including phenoxy) is 1. The van der Waals surface area contributed by atoms with E-state index in [2.05, 4.69) is 44.1 Å². The Labute approximate surface area is 235 Å². The maximum atomic E-state index is 10.4. The zero-order valence-corrected chi connectivity index (χ0v) is 22.9. The zero-order valence-electron chi connectivity index (χ0n) is 22.1. The monoisotopic (exact) mass is 546 g/mol. The maximum absolute atomic E-state index is 10.4. The lowest BCUT2D eigenvalue weighted by molar-refractivity contribution is 0.164. The van der Waals surface area contributed by atoms with Crippen molar-refractivity contribution in [2.45, 2.75) is 44.8 Å². The Morgan fingerprint density at radius 2 is 1.92 bits per heavy atom. The van der Waals surface area contributed by atoms with Gasteiger partial charge in [0, 0.05) is 48.0 Å². The average Bonchev–Trinajstić information content (AvgIpc) is 3.80. The number of benzene rings is 2. The smallest absolute Gasteiger partial charge is 0.228 e. The van der Waals surface area contributed by atoms with Gasteiger partial charge in [-0.2, -0.15) is 0 Å². The maximum Gasteiger partial charge on any atom is 0.228 e. The van der Waals surface area contributed by atoms with Gasteiger partial charge in [0.05, 0.1) is 17.4 Å². The predicted molar refractivity (Wildman–Crippen MR) is 158 cm³/mol. The molecule has 1 unspecified atom stereocenters. The van der Waals surface area contributed by atoms with Crippen molar-refractivity contribution < 1.29 is 9.84 Å². The molecule has 4 aromatic rings. The molecule has 2 fully saturated rings. The highest BCUT2D eigenvalue weighted by Gasteiger charge is 2.29. The van der Waals surface area contributed by atoms with E-state index in [1.807, 2.05) is 37.3 Å². The van der Waals surface area contributed by atoms with Crippen LogP contribution in [-0.2, 0) is 0 Å². The number of aryl methyl sites for hydroxylation is 1. The summed E-state index contributed by atoms with van der Waals surface area (Å²) >= 11 is 0. The molecular weight excluding hydrogens is 512 g/mol. The summed E-state index contributed by atoms with van der Waals surface area (Å²) in [6.07, 6.45) is 7.66. The lowest BCUT2D eigenvalue weighted by Crippen LogP contribution is -2.38. The molecule has 1 saturated carbocycles. The van der Waals surface area contributed by atoms with Gasteiger partial charge in [-0.25, -0.2) is 15.0 Å². The van der Waals surface area contributed by atoms with Crippen LogP contribution in [0.5, 0.6) is 11.6 Å². The number of piperidine rings is 1. The van der Waals surface area contributed by atoms with Crippen LogP contribution in [0.15, 0.2) is 60.9 Å². The lowest BCUT2D eigenvalue weighted by Gasteiger charge is -2.23. The molecule has 1 saturated heterocycles. The normalized spacial score (nSPS) is 17.7. The average molecular weight is 547 g/mol. The van der Waals surface area contributed by atoms with Crippen LogP contribution < -0.4 is 20.7 Å². The van der Waals surface area contributed by atoms with Crippen LogP contribution in [0.25, 0.3) is 22.0 Å². The molecule has 0 bridgehead atoms. The van der Waals surface area contributed by atoms with E-state index in [0.717, 1.165) is 77.8 Å². The first-order chi connectivity index (χ1) is 18.7. The van der Waals surface area contributed by atoms with Gasteiger partial charge in [-0.05, 0) is 74.9 Å². The highest BCUT2D eigenvalue weighted by molar-refractivity contribution is 5.98. The van der Waals surface area contributed by atoms with E-state index in [1.54, 1.807) is 12.4 Å². The van der Waals surface area contributed by atoms with Crippen molar-refractivity contribution in [2.24, 2.45) is 5.92 Å². The zero-order chi connectivity index (χ0) is 25.9. The third-order valence-corrected chi connectivity index (χ3v) is 7.41. The number of aliphatic hydroxyl groups excluding tert-OH is 1. The van der Waals surface area contributed by atoms with Crippen LogP contribution >= 0.6 is 12.4 Å². The molecule has 0 spiro atoms. The minimum atomic E-state index is -0.316. The van der Waals surface area contributed by atoms with Crippen LogP contribution in [-0.4, -0.2) is 51.8 Å². The standard InChI is InChI=1S/C30H34N6O2.ClH/c1-19-9-12-22-23(6-2-8-25(22)34-18-27(37)20-10-11-20)28(19)38-29-24(7-4-15-32-29)26-13-16-33-30(36-26)35-21-5-3-14-31-17-21;/h2,4,6-9,12-13,15-16,20-21,27,31,34,37H,3,5,10-11,14,17-18H2,1H3,(H,33,35,36);1H/t21-,27?;/m0./s1. The number of rotatable bonds is 9. The summed E-state index contributed by atoms with van der Waals surface area (Å²) in [7, 11) is 0. The van der Waals surface area contributed by atoms with Crippen molar-refractivity contribution in [1.29, 1.82) is 0 Å². The Hall–Kier alpha value is -3.46. The fraction of sp³-hybridized carbons (Fsp3) is 0.367. The molecule has 9 heteroatoms. The van der Waals surface area contributed by atoms with Crippen LogP contribution in [0, 0.1) is 12.8 Å². The molecule has 2 aliphatic rings. The summed E-state index contributed by atoms with van der Waals surface area (Å²) in [6, 6.07) is 16.4. The highest BCUT2D eigenvalue weighted by Crippen LogP contribution is 2.39. The minimum absolute atomic E-state index is 0. The van der Waals surface area contributed by atoms with Gasteiger partial charge in [0.2, 0.25) is 11.8 Å². The Balaban J connectivity index is 0.00000308. The fourth-order valence-corrected chi connectivity index (χ4v) is 5.09. The first-order valence-electron chi connectivity index (χ1n) is 13.5. The number of pyridine rings is 1. The topological polar surface area (TPSA) is 104 Å². The van der Waals surface area contributed by atoms with Crippen LogP contribution in [0.2, 0.25) is 0 Å². The molecule has 0 amide bonds. The third-order valence-electron chi connectivity index (χ3n) is 7.41. The largest absolute Gasteiger partial charge is 0.437 e. The number of hydrogen-bond acceptors (Lipinski definition) is 8. The van der Waals surface area contributed by atoms with Crippen molar-refractivity contribution in [3.63, 3.8) is 0 Å². The number of fused-ring (bicyclic) bond motifs is 1. The van der Waals surface area contributed by atoms with Crippen molar-refractivity contribution in [3.05, 3.63) is 66.5 Å². The van der Waals surface area contributed by atoms with Gasteiger partial charge in [-0.1, -0.05) is 24.3 Å². The molecule has 2 atom stereocenters. The summed E-state index contributed by atoms with van der Waals surface area (Å²) in [5, 5.41) is 22.7. The molecule has 39 heavy (non-hydrogen) atoms. The lowest BCUT2D eigenvalue weighted by atomic mass is 10.0. The number of aromatic nitrogens is 3. The van der Waals surface area contributed by atoms with E-state index in [-0.39, 0.29) is 18.5 Å². The van der Waals surface area contributed by atoms with E-state index in [4.69, 9.17) is 9.72 Å². The number of hydrogen-bond donors (Lipinski definition) is 4. The van der Waals surface area contributed by atoms with Crippen LogP contribution in [0.3, 0.4) is 0 Å². The molecule has 204 valence electrons. The molecule has 8 nitrogen and oxygen atoms in total. The number of aliphatic hydroxyl groups is 1. The second kappa shape index (κ2) is 12.2. The Bertz CT molecular complexity index is 1420. The molecule has 1 aliphatic heterocycles. The van der Waals surface area contributed by atoms with Crippen LogP contribution in [0.1, 0.15) is 31.2 Å². The summed E-state index contributed by atoms with van der Waals surface area (Å²) in [6.45, 7) is 4.55. The van der Waals surface area contributed by atoms with E-state index in [0.29, 0.717) is 30.3 Å². The van der Waals surface area contributed by atoms with Gasteiger partial charge in [-0.15, -0.1) is 12.4 Å².